The van der Waals surface area contributed by atoms with E-state index in [1.807, 2.05) is 13.8 Å². The van der Waals surface area contributed by atoms with E-state index in [4.69, 9.17) is 10.3 Å². The van der Waals surface area contributed by atoms with Gasteiger partial charge in [0.25, 0.3) is 0 Å². The summed E-state index contributed by atoms with van der Waals surface area (Å²) in [6.07, 6.45) is 1.88. The van der Waals surface area contributed by atoms with Crippen LogP contribution in [0.15, 0.2) is 16.8 Å². The van der Waals surface area contributed by atoms with E-state index in [2.05, 4.69) is 10.5 Å². The Morgan fingerprint density at radius 1 is 1.67 bits per heavy atom. The van der Waals surface area contributed by atoms with Crippen molar-refractivity contribution in [2.24, 2.45) is 11.7 Å². The Labute approximate surface area is 89.0 Å². The van der Waals surface area contributed by atoms with Crippen LogP contribution in [0.25, 0.3) is 0 Å². The van der Waals surface area contributed by atoms with Crippen LogP contribution in [0.2, 0.25) is 0 Å². The highest BCUT2D eigenvalue weighted by Gasteiger charge is 2.12. The predicted molar refractivity (Wildman–Crippen MR) is 55.8 cm³/mol. The number of aromatic nitrogens is 1. The molecule has 0 saturated heterocycles. The average molecular weight is 211 g/mol. The minimum Gasteiger partial charge on any atom is -0.360 e. The molecule has 0 bridgehead atoms. The minimum atomic E-state index is -0.0975. The van der Waals surface area contributed by atoms with E-state index in [-0.39, 0.29) is 11.9 Å². The first kappa shape index (κ1) is 11.7. The van der Waals surface area contributed by atoms with E-state index in [1.165, 1.54) is 0 Å². The molecule has 1 heterocycles. The number of rotatable bonds is 5. The van der Waals surface area contributed by atoms with Crippen molar-refractivity contribution in [3.05, 3.63) is 18.0 Å². The lowest BCUT2D eigenvalue weighted by atomic mass is 10.0. The van der Waals surface area contributed by atoms with Gasteiger partial charge in [0.2, 0.25) is 5.91 Å². The average Bonchev–Trinajstić information content (AvgIpc) is 2.66. The van der Waals surface area contributed by atoms with Gasteiger partial charge in [-0.2, -0.15) is 0 Å². The Balaban J connectivity index is 2.25. The van der Waals surface area contributed by atoms with Crippen LogP contribution in [-0.2, 0) is 11.3 Å². The molecule has 1 amide bonds. The summed E-state index contributed by atoms with van der Waals surface area (Å²) < 4.78 is 4.84. The lowest BCUT2D eigenvalue weighted by Gasteiger charge is -2.14. The quantitative estimate of drug-likeness (QED) is 0.749. The monoisotopic (exact) mass is 211 g/mol. The highest BCUT2D eigenvalue weighted by atomic mass is 16.5. The van der Waals surface area contributed by atoms with Crippen molar-refractivity contribution in [3.63, 3.8) is 0 Å². The van der Waals surface area contributed by atoms with Gasteiger partial charge < -0.3 is 15.6 Å². The van der Waals surface area contributed by atoms with Crippen LogP contribution in [0.1, 0.15) is 26.0 Å². The van der Waals surface area contributed by atoms with Gasteiger partial charge in [-0.05, 0) is 5.92 Å². The van der Waals surface area contributed by atoms with Crippen LogP contribution < -0.4 is 11.1 Å². The summed E-state index contributed by atoms with van der Waals surface area (Å²) >= 11 is 0. The number of hydrogen-bond acceptors (Lipinski definition) is 4. The zero-order valence-electron chi connectivity index (χ0n) is 9.06. The number of hydrogen-bond donors (Lipinski definition) is 2. The van der Waals surface area contributed by atoms with Crippen molar-refractivity contribution in [3.8, 4) is 0 Å². The molecule has 0 fully saturated rings. The normalized spacial score (nSPS) is 12.8. The number of nitrogens with one attached hydrogen (secondary N) is 1. The molecule has 1 aromatic heterocycles. The topological polar surface area (TPSA) is 81.2 Å². The van der Waals surface area contributed by atoms with Crippen molar-refractivity contribution in [1.82, 2.24) is 10.5 Å². The van der Waals surface area contributed by atoms with Crippen molar-refractivity contribution in [2.75, 3.05) is 0 Å². The Hall–Kier alpha value is -1.36. The molecule has 84 valence electrons. The van der Waals surface area contributed by atoms with Gasteiger partial charge in [-0.3, -0.25) is 4.79 Å². The molecule has 0 aromatic carbocycles. The van der Waals surface area contributed by atoms with E-state index in [0.29, 0.717) is 24.6 Å². The second-order valence-electron chi connectivity index (χ2n) is 3.87. The van der Waals surface area contributed by atoms with Crippen molar-refractivity contribution >= 4 is 5.91 Å². The number of amides is 1. The van der Waals surface area contributed by atoms with Gasteiger partial charge in [-0.1, -0.05) is 19.0 Å². The third-order valence-corrected chi connectivity index (χ3v) is 2.23. The SMILES string of the molecule is CC(C)C(N)CC(=O)NCc1ccno1. The Kier molecular flexibility index (Phi) is 4.30. The molecule has 0 aliphatic carbocycles. The smallest absolute Gasteiger partial charge is 0.221 e. The van der Waals surface area contributed by atoms with Gasteiger partial charge in [0.1, 0.15) is 0 Å². The van der Waals surface area contributed by atoms with Crippen LogP contribution in [0.3, 0.4) is 0 Å². The zero-order chi connectivity index (χ0) is 11.3. The van der Waals surface area contributed by atoms with Crippen molar-refractivity contribution in [2.45, 2.75) is 32.9 Å². The van der Waals surface area contributed by atoms with Gasteiger partial charge in [0.15, 0.2) is 5.76 Å². The van der Waals surface area contributed by atoms with Crippen molar-refractivity contribution in [1.29, 1.82) is 0 Å². The van der Waals surface area contributed by atoms with Crippen molar-refractivity contribution < 1.29 is 9.32 Å². The zero-order valence-corrected chi connectivity index (χ0v) is 9.06. The number of nitrogens with two attached hydrogens (primary N) is 1. The van der Waals surface area contributed by atoms with Crippen LogP contribution in [-0.4, -0.2) is 17.1 Å². The lowest BCUT2D eigenvalue weighted by Crippen LogP contribution is -2.34. The fraction of sp³-hybridized carbons (Fsp3) is 0.600. The van der Waals surface area contributed by atoms with Gasteiger partial charge in [0, 0.05) is 18.5 Å². The summed E-state index contributed by atoms with van der Waals surface area (Å²) in [5.41, 5.74) is 5.77. The summed E-state index contributed by atoms with van der Waals surface area (Å²) in [6, 6.07) is 1.61. The molecule has 3 N–H and O–H groups in total. The molecule has 1 atom stereocenters. The van der Waals surface area contributed by atoms with Gasteiger partial charge in [-0.15, -0.1) is 0 Å². The molecule has 0 aliphatic heterocycles. The number of carbonyl (C=O) groups excluding carboxylic acids is 1. The first-order chi connectivity index (χ1) is 7.09. The molecule has 1 aromatic rings. The van der Waals surface area contributed by atoms with Crippen LogP contribution in [0.5, 0.6) is 0 Å². The third kappa shape index (κ3) is 4.12. The third-order valence-electron chi connectivity index (χ3n) is 2.23. The Morgan fingerprint density at radius 3 is 2.93 bits per heavy atom. The Bertz CT molecular complexity index is 296. The maximum Gasteiger partial charge on any atom is 0.221 e. The number of nitrogens with zero attached hydrogens (tertiary/aromatic N) is 1. The van der Waals surface area contributed by atoms with E-state index < -0.39 is 0 Å². The highest BCUT2D eigenvalue weighted by Crippen LogP contribution is 2.03. The predicted octanol–water partition coefficient (Wildman–Crippen LogP) is 0.664. The standard InChI is InChI=1S/C10H17N3O2/c1-7(2)9(11)5-10(14)12-6-8-3-4-13-15-8/h3-4,7,9H,5-6,11H2,1-2H3,(H,12,14). The molecule has 15 heavy (non-hydrogen) atoms. The van der Waals surface area contributed by atoms with Gasteiger partial charge in [-0.25, -0.2) is 0 Å². The first-order valence-electron chi connectivity index (χ1n) is 5.01. The van der Waals surface area contributed by atoms with Crippen LogP contribution in [0, 0.1) is 5.92 Å². The van der Waals surface area contributed by atoms with Gasteiger partial charge >= 0.3 is 0 Å². The molecule has 5 nitrogen and oxygen atoms in total. The maximum absolute atomic E-state index is 11.4. The second-order valence-corrected chi connectivity index (χ2v) is 3.87. The molecule has 0 aliphatic rings. The molecule has 1 rings (SSSR count). The van der Waals surface area contributed by atoms with E-state index in [9.17, 15) is 4.79 Å². The fourth-order valence-electron chi connectivity index (χ4n) is 1.04. The summed E-state index contributed by atoms with van der Waals surface area (Å²) in [4.78, 5) is 11.4. The molecular weight excluding hydrogens is 194 g/mol. The molecule has 0 radical (unpaired) electrons. The number of carbonyl (C=O) groups is 1. The van der Waals surface area contributed by atoms with E-state index >= 15 is 0 Å². The summed E-state index contributed by atoms with van der Waals surface area (Å²) in [5, 5.41) is 6.26. The van der Waals surface area contributed by atoms with Gasteiger partial charge in [0.05, 0.1) is 12.7 Å². The Morgan fingerprint density at radius 2 is 2.40 bits per heavy atom. The van der Waals surface area contributed by atoms with Crippen LogP contribution in [0.4, 0.5) is 0 Å². The maximum atomic E-state index is 11.4. The first-order valence-corrected chi connectivity index (χ1v) is 5.01. The molecular formula is C10H17N3O2. The minimum absolute atomic E-state index is 0.0624. The molecule has 1 unspecified atom stereocenters. The highest BCUT2D eigenvalue weighted by molar-refractivity contribution is 5.76. The molecule has 5 heteroatoms. The van der Waals surface area contributed by atoms with E-state index in [1.54, 1.807) is 12.3 Å². The summed E-state index contributed by atoms with van der Waals surface area (Å²) in [5.74, 6) is 0.884. The molecule has 0 spiro atoms. The van der Waals surface area contributed by atoms with Crippen LogP contribution >= 0.6 is 0 Å². The van der Waals surface area contributed by atoms with E-state index in [0.717, 1.165) is 0 Å². The molecule has 0 saturated carbocycles. The lowest BCUT2D eigenvalue weighted by molar-refractivity contribution is -0.121. The summed E-state index contributed by atoms with van der Waals surface area (Å²) in [7, 11) is 0. The fourth-order valence-corrected chi connectivity index (χ4v) is 1.04. The summed E-state index contributed by atoms with van der Waals surface area (Å²) in [6.45, 7) is 4.35. The second kappa shape index (κ2) is 5.50. The largest absolute Gasteiger partial charge is 0.360 e.